The Morgan fingerprint density at radius 1 is 1.43 bits per heavy atom. The number of hydrogen-bond acceptors (Lipinski definition) is 5. The topological polar surface area (TPSA) is 104 Å². The van der Waals surface area contributed by atoms with E-state index in [1.165, 1.54) is 6.33 Å². The largest absolute Gasteiger partial charge is 0.366 e. The lowest BCUT2D eigenvalue weighted by Crippen LogP contribution is -2.32. The van der Waals surface area contributed by atoms with Crippen molar-refractivity contribution in [2.45, 2.75) is 33.4 Å². The third kappa shape index (κ3) is 1.91. The molecule has 3 rings (SSSR count). The highest BCUT2D eigenvalue weighted by atomic mass is 16.1. The number of amides is 1. The van der Waals surface area contributed by atoms with Crippen molar-refractivity contribution in [3.05, 3.63) is 35.1 Å². The molecule has 0 aliphatic carbocycles. The molecule has 0 saturated carbocycles. The number of nitrogens with zero attached hydrogens (tertiary/aromatic N) is 5. The lowest BCUT2D eigenvalue weighted by Gasteiger charge is -2.27. The molecule has 0 fully saturated rings. The molecule has 110 valence electrons. The molecule has 1 atom stereocenters. The average molecular weight is 287 g/mol. The van der Waals surface area contributed by atoms with Crippen LogP contribution < -0.4 is 11.1 Å². The zero-order valence-corrected chi connectivity index (χ0v) is 12.2. The van der Waals surface area contributed by atoms with E-state index in [2.05, 4.69) is 20.5 Å². The molecule has 8 heteroatoms. The molecule has 1 amide bonds. The zero-order valence-electron chi connectivity index (χ0n) is 12.2. The van der Waals surface area contributed by atoms with Crippen molar-refractivity contribution in [1.82, 2.24) is 24.5 Å². The molecule has 0 radical (unpaired) electrons. The van der Waals surface area contributed by atoms with E-state index in [1.54, 1.807) is 10.9 Å². The van der Waals surface area contributed by atoms with Gasteiger partial charge in [0.15, 0.2) is 0 Å². The number of anilines is 1. The summed E-state index contributed by atoms with van der Waals surface area (Å²) in [6.45, 7) is 6.56. The van der Waals surface area contributed by atoms with Crippen LogP contribution in [0.15, 0.2) is 23.8 Å². The van der Waals surface area contributed by atoms with E-state index in [0.717, 1.165) is 17.8 Å². The maximum absolute atomic E-state index is 11.9. The number of rotatable bonds is 3. The first-order valence-electron chi connectivity index (χ1n) is 6.74. The summed E-state index contributed by atoms with van der Waals surface area (Å²) >= 11 is 0. The molecule has 3 N–H and O–H groups in total. The second-order valence-electron chi connectivity index (χ2n) is 4.96. The number of hydrogen-bond donors (Lipinski definition) is 2. The molecular weight excluding hydrogens is 270 g/mol. The highest BCUT2D eigenvalue weighted by Gasteiger charge is 2.34. The highest BCUT2D eigenvalue weighted by molar-refractivity contribution is 5.95. The smallest absolute Gasteiger partial charge is 0.248 e. The molecule has 1 aliphatic rings. The Kier molecular flexibility index (Phi) is 3.00. The molecule has 8 nitrogen and oxygen atoms in total. The summed E-state index contributed by atoms with van der Waals surface area (Å²) in [7, 11) is 0. The predicted octanol–water partition coefficient (Wildman–Crippen LogP) is 0.577. The molecule has 21 heavy (non-hydrogen) atoms. The van der Waals surface area contributed by atoms with Crippen LogP contribution in [-0.4, -0.2) is 30.5 Å². The van der Waals surface area contributed by atoms with Gasteiger partial charge in [-0.3, -0.25) is 9.48 Å². The number of nitrogens with one attached hydrogen (secondary N) is 1. The van der Waals surface area contributed by atoms with Crippen molar-refractivity contribution >= 4 is 11.9 Å². The quantitative estimate of drug-likeness (QED) is 0.859. The van der Waals surface area contributed by atoms with Crippen LogP contribution in [0.1, 0.15) is 31.1 Å². The van der Waals surface area contributed by atoms with Crippen LogP contribution in [0.25, 0.3) is 0 Å². The van der Waals surface area contributed by atoms with Crippen LogP contribution in [0.3, 0.4) is 0 Å². The summed E-state index contributed by atoms with van der Waals surface area (Å²) in [5, 5.41) is 11.6. The molecule has 0 saturated heterocycles. The fourth-order valence-corrected chi connectivity index (χ4v) is 2.75. The van der Waals surface area contributed by atoms with Gasteiger partial charge < -0.3 is 11.1 Å². The summed E-state index contributed by atoms with van der Waals surface area (Å²) in [6.07, 6.45) is 3.21. The molecule has 3 heterocycles. The monoisotopic (exact) mass is 287 g/mol. The molecule has 1 aliphatic heterocycles. The van der Waals surface area contributed by atoms with E-state index in [0.29, 0.717) is 17.2 Å². The Labute approximate surface area is 121 Å². The standard InChI is InChI=1S/C13H17N7O/c1-4-19-8(3)9(5-16-19)11-10(12(14)21)7(2)18-13-15-6-17-20(11)13/h5-6,11H,4H2,1-3H3,(H2,14,21)(H,15,17,18). The average Bonchev–Trinajstić information content (AvgIpc) is 3.03. The predicted molar refractivity (Wildman–Crippen MR) is 76.3 cm³/mol. The van der Waals surface area contributed by atoms with E-state index in [9.17, 15) is 4.79 Å². The second kappa shape index (κ2) is 4.72. The Hall–Kier alpha value is -2.64. The third-order valence-corrected chi connectivity index (χ3v) is 3.80. The van der Waals surface area contributed by atoms with Gasteiger partial charge in [-0.05, 0) is 20.8 Å². The minimum Gasteiger partial charge on any atom is -0.366 e. The number of primary amides is 1. The SMILES string of the molecule is CCn1ncc(C2C(C(N)=O)=C(C)Nc3ncnn32)c1C. The van der Waals surface area contributed by atoms with E-state index >= 15 is 0 Å². The third-order valence-electron chi connectivity index (χ3n) is 3.80. The van der Waals surface area contributed by atoms with E-state index < -0.39 is 11.9 Å². The molecular formula is C13H17N7O. The van der Waals surface area contributed by atoms with Gasteiger partial charge in [0, 0.05) is 23.5 Å². The van der Waals surface area contributed by atoms with Crippen molar-refractivity contribution in [3.8, 4) is 0 Å². The number of aryl methyl sites for hydroxylation is 1. The zero-order chi connectivity index (χ0) is 15.1. The van der Waals surface area contributed by atoms with Crippen LogP contribution in [0, 0.1) is 6.92 Å². The van der Waals surface area contributed by atoms with Crippen molar-refractivity contribution in [1.29, 1.82) is 0 Å². The van der Waals surface area contributed by atoms with E-state index in [4.69, 9.17) is 5.73 Å². The Balaban J connectivity index is 2.22. The number of carbonyl (C=O) groups is 1. The van der Waals surface area contributed by atoms with Gasteiger partial charge in [0.05, 0.1) is 11.8 Å². The molecule has 0 aromatic carbocycles. The molecule has 1 unspecified atom stereocenters. The lowest BCUT2D eigenvalue weighted by molar-refractivity contribution is -0.115. The van der Waals surface area contributed by atoms with Gasteiger partial charge in [0.1, 0.15) is 12.4 Å². The number of fused-ring (bicyclic) bond motifs is 1. The Morgan fingerprint density at radius 3 is 2.81 bits per heavy atom. The molecule has 0 spiro atoms. The van der Waals surface area contributed by atoms with E-state index in [1.807, 2.05) is 25.5 Å². The van der Waals surface area contributed by atoms with Crippen LogP contribution in [-0.2, 0) is 11.3 Å². The van der Waals surface area contributed by atoms with Gasteiger partial charge in [0.2, 0.25) is 11.9 Å². The van der Waals surface area contributed by atoms with Gasteiger partial charge in [0.25, 0.3) is 0 Å². The number of nitrogens with two attached hydrogens (primary N) is 1. The number of aromatic nitrogens is 5. The van der Waals surface area contributed by atoms with Crippen LogP contribution in [0.4, 0.5) is 5.95 Å². The first-order valence-corrected chi connectivity index (χ1v) is 6.74. The van der Waals surface area contributed by atoms with Crippen molar-refractivity contribution in [3.63, 3.8) is 0 Å². The van der Waals surface area contributed by atoms with Crippen LogP contribution in [0.2, 0.25) is 0 Å². The van der Waals surface area contributed by atoms with Crippen LogP contribution in [0.5, 0.6) is 0 Å². The molecule has 2 aromatic rings. The maximum atomic E-state index is 11.9. The van der Waals surface area contributed by atoms with Crippen molar-refractivity contribution in [2.24, 2.45) is 5.73 Å². The minimum absolute atomic E-state index is 0.401. The summed E-state index contributed by atoms with van der Waals surface area (Å²) in [5.74, 6) is 0.112. The van der Waals surface area contributed by atoms with Crippen molar-refractivity contribution in [2.75, 3.05) is 5.32 Å². The Morgan fingerprint density at radius 2 is 2.19 bits per heavy atom. The summed E-state index contributed by atoms with van der Waals surface area (Å²) in [6, 6.07) is -0.401. The summed E-state index contributed by atoms with van der Waals surface area (Å²) in [4.78, 5) is 16.1. The summed E-state index contributed by atoms with van der Waals surface area (Å²) in [5.41, 5.74) is 8.63. The molecule has 0 bridgehead atoms. The van der Waals surface area contributed by atoms with E-state index in [-0.39, 0.29) is 0 Å². The van der Waals surface area contributed by atoms with Crippen molar-refractivity contribution < 1.29 is 4.79 Å². The number of allylic oxidation sites excluding steroid dienone is 1. The van der Waals surface area contributed by atoms with Crippen LogP contribution >= 0.6 is 0 Å². The fourth-order valence-electron chi connectivity index (χ4n) is 2.75. The Bertz CT molecular complexity index is 740. The second-order valence-corrected chi connectivity index (χ2v) is 4.96. The normalized spacial score (nSPS) is 17.6. The van der Waals surface area contributed by atoms with Gasteiger partial charge in [-0.25, -0.2) is 4.68 Å². The first kappa shape index (κ1) is 13.3. The molecule has 2 aromatic heterocycles. The minimum atomic E-state index is -0.477. The van der Waals surface area contributed by atoms with Gasteiger partial charge >= 0.3 is 0 Å². The maximum Gasteiger partial charge on any atom is 0.248 e. The summed E-state index contributed by atoms with van der Waals surface area (Å²) < 4.78 is 3.54. The van der Waals surface area contributed by atoms with Gasteiger partial charge in [-0.15, -0.1) is 0 Å². The fraction of sp³-hybridized carbons (Fsp3) is 0.385. The van der Waals surface area contributed by atoms with Gasteiger partial charge in [-0.2, -0.15) is 15.2 Å². The first-order chi connectivity index (χ1) is 10.0. The highest BCUT2D eigenvalue weighted by Crippen LogP contribution is 2.35. The lowest BCUT2D eigenvalue weighted by atomic mass is 9.96. The van der Waals surface area contributed by atoms with Gasteiger partial charge in [-0.1, -0.05) is 0 Å². The number of carbonyl (C=O) groups excluding carboxylic acids is 1.